The molecule has 1 atom stereocenters. The number of likely N-dealkylation sites (tertiary alicyclic amines) is 1. The third-order valence-corrected chi connectivity index (χ3v) is 4.15. The second-order valence-electron chi connectivity index (χ2n) is 5.75. The van der Waals surface area contributed by atoms with Gasteiger partial charge in [0, 0.05) is 26.2 Å². The molecule has 1 fully saturated rings. The molecule has 0 amide bonds. The van der Waals surface area contributed by atoms with E-state index in [-0.39, 0.29) is 0 Å². The minimum atomic E-state index is 0.641. The van der Waals surface area contributed by atoms with Gasteiger partial charge in [0.25, 0.3) is 0 Å². The van der Waals surface area contributed by atoms with Crippen molar-refractivity contribution in [2.24, 2.45) is 4.99 Å². The number of rotatable bonds is 7. The van der Waals surface area contributed by atoms with Crippen molar-refractivity contribution < 1.29 is 0 Å². The highest BCUT2D eigenvalue weighted by Crippen LogP contribution is 2.16. The van der Waals surface area contributed by atoms with Crippen LogP contribution in [0.3, 0.4) is 0 Å². The Morgan fingerprint density at radius 3 is 2.75 bits per heavy atom. The lowest BCUT2D eigenvalue weighted by molar-refractivity contribution is 0.161. The Hall–Kier alpha value is -0.770. The van der Waals surface area contributed by atoms with Gasteiger partial charge in [-0.05, 0) is 39.3 Å². The highest BCUT2D eigenvalue weighted by molar-refractivity contribution is 5.79. The van der Waals surface area contributed by atoms with Crippen LogP contribution in [0.25, 0.3) is 0 Å². The van der Waals surface area contributed by atoms with Gasteiger partial charge >= 0.3 is 0 Å². The summed E-state index contributed by atoms with van der Waals surface area (Å²) < 4.78 is 0. The molecule has 1 aliphatic rings. The van der Waals surface area contributed by atoms with Crippen LogP contribution in [0, 0.1) is 0 Å². The fourth-order valence-electron chi connectivity index (χ4n) is 2.85. The van der Waals surface area contributed by atoms with E-state index in [0.29, 0.717) is 6.04 Å². The highest BCUT2D eigenvalue weighted by atomic mass is 15.3. The Bertz CT molecular complexity index is 278. The average Bonchev–Trinajstić information content (AvgIpc) is 2.49. The summed E-state index contributed by atoms with van der Waals surface area (Å²) in [5, 5.41) is 3.42. The van der Waals surface area contributed by atoms with Crippen molar-refractivity contribution in [3.63, 3.8) is 0 Å². The quantitative estimate of drug-likeness (QED) is 0.575. The van der Waals surface area contributed by atoms with Gasteiger partial charge in [0.15, 0.2) is 5.96 Å². The van der Waals surface area contributed by atoms with E-state index in [4.69, 9.17) is 4.99 Å². The fraction of sp³-hybridized carbons (Fsp3) is 0.938. The van der Waals surface area contributed by atoms with E-state index in [1.807, 2.05) is 0 Å². The summed E-state index contributed by atoms with van der Waals surface area (Å²) >= 11 is 0. The smallest absolute Gasteiger partial charge is 0.193 e. The zero-order chi connectivity index (χ0) is 14.8. The maximum absolute atomic E-state index is 4.88. The van der Waals surface area contributed by atoms with Gasteiger partial charge in [-0.25, -0.2) is 0 Å². The van der Waals surface area contributed by atoms with Gasteiger partial charge in [0.05, 0.1) is 6.54 Å². The van der Waals surface area contributed by atoms with Crippen LogP contribution < -0.4 is 5.32 Å². The number of guanidine groups is 1. The zero-order valence-electron chi connectivity index (χ0n) is 14.0. The van der Waals surface area contributed by atoms with E-state index >= 15 is 0 Å². The first-order valence-electron chi connectivity index (χ1n) is 8.46. The first-order valence-corrected chi connectivity index (χ1v) is 8.46. The molecule has 1 rings (SSSR count). The normalized spacial score (nSPS) is 21.0. The molecule has 0 saturated carbocycles. The molecule has 1 unspecified atom stereocenters. The predicted octanol–water partition coefficient (Wildman–Crippen LogP) is 2.56. The molecule has 118 valence electrons. The van der Waals surface area contributed by atoms with Crippen LogP contribution in [0.5, 0.6) is 0 Å². The highest BCUT2D eigenvalue weighted by Gasteiger charge is 2.20. The molecule has 0 aliphatic carbocycles. The molecule has 0 radical (unpaired) electrons. The molecule has 4 heteroatoms. The Kier molecular flexibility index (Phi) is 8.67. The first-order chi connectivity index (χ1) is 9.72. The maximum atomic E-state index is 4.88. The van der Waals surface area contributed by atoms with Crippen LogP contribution >= 0.6 is 0 Å². The Balaban J connectivity index is 2.55. The van der Waals surface area contributed by atoms with Gasteiger partial charge in [-0.3, -0.25) is 9.89 Å². The lowest BCUT2D eigenvalue weighted by atomic mass is 10.0. The number of nitrogens with one attached hydrogen (secondary N) is 1. The number of unbranched alkanes of at least 4 members (excludes halogenated alkanes) is 1. The lowest BCUT2D eigenvalue weighted by Gasteiger charge is -2.34. The first kappa shape index (κ1) is 17.3. The molecular weight excluding hydrogens is 248 g/mol. The minimum Gasteiger partial charge on any atom is -0.357 e. The Labute approximate surface area is 125 Å². The number of hydrogen-bond donors (Lipinski definition) is 1. The molecular formula is C16H34N4. The number of likely N-dealkylation sites (N-methyl/N-ethyl adjacent to an activating group) is 1. The molecule has 0 bridgehead atoms. The van der Waals surface area contributed by atoms with Gasteiger partial charge in [0.1, 0.15) is 0 Å². The van der Waals surface area contributed by atoms with Gasteiger partial charge < -0.3 is 10.2 Å². The standard InChI is InChI=1S/C16H34N4/c1-5-8-12-19(4)16(17-6-2)18-14-15-11-9-10-13-20(15)7-3/h15H,5-14H2,1-4H3,(H,17,18). The summed E-state index contributed by atoms with van der Waals surface area (Å²) in [4.78, 5) is 9.73. The van der Waals surface area contributed by atoms with E-state index in [9.17, 15) is 0 Å². The van der Waals surface area contributed by atoms with E-state index in [1.54, 1.807) is 0 Å². The lowest BCUT2D eigenvalue weighted by Crippen LogP contribution is -2.43. The number of hydrogen-bond acceptors (Lipinski definition) is 2. The fourth-order valence-corrected chi connectivity index (χ4v) is 2.85. The molecule has 4 nitrogen and oxygen atoms in total. The molecule has 0 aromatic heterocycles. The summed E-state index contributed by atoms with van der Waals surface area (Å²) in [6.07, 6.45) is 6.47. The van der Waals surface area contributed by atoms with Crippen LogP contribution in [-0.4, -0.2) is 61.6 Å². The van der Waals surface area contributed by atoms with Crippen molar-refractivity contribution >= 4 is 5.96 Å². The molecule has 0 aromatic rings. The van der Waals surface area contributed by atoms with Crippen LogP contribution in [-0.2, 0) is 0 Å². The second-order valence-corrected chi connectivity index (χ2v) is 5.75. The topological polar surface area (TPSA) is 30.9 Å². The summed E-state index contributed by atoms with van der Waals surface area (Å²) in [7, 11) is 2.15. The summed E-state index contributed by atoms with van der Waals surface area (Å²) in [5.74, 6) is 1.07. The monoisotopic (exact) mass is 282 g/mol. The average molecular weight is 282 g/mol. The SMILES string of the molecule is CCCCN(C)C(=NCC1CCCCN1CC)NCC. The van der Waals surface area contributed by atoms with Gasteiger partial charge in [-0.1, -0.05) is 26.7 Å². The summed E-state index contributed by atoms with van der Waals surface area (Å²) in [6.45, 7) is 12.0. The van der Waals surface area contributed by atoms with Gasteiger partial charge in [-0.2, -0.15) is 0 Å². The van der Waals surface area contributed by atoms with Gasteiger partial charge in [0.2, 0.25) is 0 Å². The largest absolute Gasteiger partial charge is 0.357 e. The third kappa shape index (κ3) is 5.70. The summed E-state index contributed by atoms with van der Waals surface area (Å²) in [6, 6.07) is 0.641. The minimum absolute atomic E-state index is 0.641. The van der Waals surface area contributed by atoms with Crippen LogP contribution in [0.15, 0.2) is 4.99 Å². The van der Waals surface area contributed by atoms with Crippen LogP contribution in [0.1, 0.15) is 52.9 Å². The molecule has 1 saturated heterocycles. The maximum Gasteiger partial charge on any atom is 0.193 e. The number of nitrogens with zero attached hydrogens (tertiary/aromatic N) is 3. The van der Waals surface area contributed by atoms with Crippen LogP contribution in [0.2, 0.25) is 0 Å². The van der Waals surface area contributed by atoms with Crippen molar-refractivity contribution in [2.45, 2.75) is 58.9 Å². The van der Waals surface area contributed by atoms with E-state index in [1.165, 1.54) is 38.6 Å². The molecule has 20 heavy (non-hydrogen) atoms. The summed E-state index contributed by atoms with van der Waals surface area (Å²) in [5.41, 5.74) is 0. The van der Waals surface area contributed by atoms with Crippen molar-refractivity contribution in [1.29, 1.82) is 0 Å². The number of aliphatic imine (C=N–C) groups is 1. The third-order valence-electron chi connectivity index (χ3n) is 4.15. The second kappa shape index (κ2) is 10.0. The van der Waals surface area contributed by atoms with Crippen molar-refractivity contribution in [3.05, 3.63) is 0 Å². The Morgan fingerprint density at radius 1 is 1.30 bits per heavy atom. The van der Waals surface area contributed by atoms with Crippen molar-refractivity contribution in [1.82, 2.24) is 15.1 Å². The van der Waals surface area contributed by atoms with Crippen molar-refractivity contribution in [2.75, 3.05) is 39.8 Å². The van der Waals surface area contributed by atoms with Crippen molar-refractivity contribution in [3.8, 4) is 0 Å². The molecule has 1 aliphatic heterocycles. The Morgan fingerprint density at radius 2 is 2.10 bits per heavy atom. The van der Waals surface area contributed by atoms with Gasteiger partial charge in [-0.15, -0.1) is 0 Å². The molecule has 1 heterocycles. The molecule has 0 spiro atoms. The van der Waals surface area contributed by atoms with E-state index < -0.39 is 0 Å². The predicted molar refractivity (Wildman–Crippen MR) is 88.4 cm³/mol. The zero-order valence-corrected chi connectivity index (χ0v) is 14.0. The molecule has 0 aromatic carbocycles. The van der Waals surface area contributed by atoms with Crippen LogP contribution in [0.4, 0.5) is 0 Å². The molecule has 1 N–H and O–H groups in total. The van der Waals surface area contributed by atoms with E-state index in [0.717, 1.165) is 32.1 Å². The number of piperidine rings is 1. The van der Waals surface area contributed by atoms with E-state index in [2.05, 4.69) is 42.9 Å².